The van der Waals surface area contributed by atoms with Gasteiger partial charge < -0.3 is 25.6 Å². The van der Waals surface area contributed by atoms with Gasteiger partial charge in [-0.2, -0.15) is 0 Å². The van der Waals surface area contributed by atoms with Gasteiger partial charge in [0.25, 0.3) is 11.8 Å². The van der Waals surface area contributed by atoms with Crippen molar-refractivity contribution in [3.63, 3.8) is 0 Å². The van der Waals surface area contributed by atoms with Crippen molar-refractivity contribution < 1.29 is 24.2 Å². The fourth-order valence-electron chi connectivity index (χ4n) is 2.37. The van der Waals surface area contributed by atoms with Gasteiger partial charge in [0.05, 0.1) is 12.8 Å². The number of ether oxygens (including phenoxy) is 2. The quantitative estimate of drug-likeness (QED) is 0.675. The Balaban J connectivity index is 2.24. The Kier molecular flexibility index (Phi) is 5.95. The highest BCUT2D eigenvalue weighted by atomic mass is 16.5. The zero-order valence-corrected chi connectivity index (χ0v) is 15.8. The summed E-state index contributed by atoms with van der Waals surface area (Å²) in [7, 11) is 1.42. The van der Waals surface area contributed by atoms with Crippen LogP contribution in [0.5, 0.6) is 17.2 Å². The zero-order chi connectivity index (χ0) is 20.2. The molecule has 27 heavy (non-hydrogen) atoms. The predicted molar refractivity (Wildman–Crippen MR) is 102 cm³/mol. The van der Waals surface area contributed by atoms with Gasteiger partial charge in [-0.25, -0.2) is 0 Å². The third-order valence-corrected chi connectivity index (χ3v) is 3.91. The summed E-state index contributed by atoms with van der Waals surface area (Å²) in [6.07, 6.45) is 0. The molecule has 0 aromatic heterocycles. The number of benzene rings is 2. The van der Waals surface area contributed by atoms with Crippen LogP contribution < -0.4 is 20.5 Å². The van der Waals surface area contributed by atoms with Crippen molar-refractivity contribution in [3.8, 4) is 17.2 Å². The normalized spacial score (nSPS) is 11.0. The molecule has 0 atom stereocenters. The third kappa shape index (κ3) is 5.13. The molecule has 7 nitrogen and oxygen atoms in total. The monoisotopic (exact) mass is 372 g/mol. The summed E-state index contributed by atoms with van der Waals surface area (Å²) in [5, 5.41) is 12.8. The molecule has 0 saturated heterocycles. The summed E-state index contributed by atoms with van der Waals surface area (Å²) in [4.78, 5) is 23.4. The van der Waals surface area contributed by atoms with Crippen LogP contribution in [0.2, 0.25) is 0 Å². The molecule has 0 aliphatic heterocycles. The Morgan fingerprint density at radius 3 is 2.41 bits per heavy atom. The predicted octanol–water partition coefficient (Wildman–Crippen LogP) is 2.81. The Bertz CT molecular complexity index is 856. The van der Waals surface area contributed by atoms with Crippen LogP contribution in [0.15, 0.2) is 36.4 Å². The number of aromatic hydroxyl groups is 1. The highest BCUT2D eigenvalue weighted by molar-refractivity contribution is 6.05. The van der Waals surface area contributed by atoms with E-state index in [4.69, 9.17) is 15.2 Å². The van der Waals surface area contributed by atoms with E-state index < -0.39 is 11.8 Å². The van der Waals surface area contributed by atoms with Gasteiger partial charge in [-0.1, -0.05) is 26.8 Å². The fourth-order valence-corrected chi connectivity index (χ4v) is 2.37. The number of hydrogen-bond donors (Lipinski definition) is 3. The van der Waals surface area contributed by atoms with Gasteiger partial charge in [0.1, 0.15) is 5.75 Å². The van der Waals surface area contributed by atoms with Gasteiger partial charge in [0.2, 0.25) is 0 Å². The van der Waals surface area contributed by atoms with Crippen LogP contribution in [0.4, 0.5) is 5.69 Å². The molecule has 2 aromatic carbocycles. The van der Waals surface area contributed by atoms with Gasteiger partial charge in [0.15, 0.2) is 18.1 Å². The maximum atomic E-state index is 12.6. The van der Waals surface area contributed by atoms with Gasteiger partial charge in [0, 0.05) is 5.56 Å². The summed E-state index contributed by atoms with van der Waals surface area (Å²) in [5.74, 6) is -0.476. The van der Waals surface area contributed by atoms with E-state index in [0.717, 1.165) is 5.56 Å². The summed E-state index contributed by atoms with van der Waals surface area (Å²) in [6.45, 7) is 5.83. The number of carbonyl (C=O) groups is 2. The molecular weight excluding hydrogens is 348 g/mol. The molecule has 2 aromatic rings. The van der Waals surface area contributed by atoms with Crippen LogP contribution in [0.25, 0.3) is 0 Å². The van der Waals surface area contributed by atoms with Crippen LogP contribution in [-0.2, 0) is 10.2 Å². The number of phenolic OH excluding ortho intramolecular Hbond substituents is 1. The number of carbonyl (C=O) groups excluding carboxylic acids is 2. The van der Waals surface area contributed by atoms with E-state index in [9.17, 15) is 14.7 Å². The molecule has 0 aliphatic carbocycles. The summed E-state index contributed by atoms with van der Waals surface area (Å²) in [6, 6.07) is 9.64. The Labute approximate surface area is 158 Å². The molecule has 0 radical (unpaired) electrons. The lowest BCUT2D eigenvalue weighted by Crippen LogP contribution is -2.20. The molecule has 0 spiro atoms. The van der Waals surface area contributed by atoms with Crippen molar-refractivity contribution in [3.05, 3.63) is 47.5 Å². The molecule has 144 valence electrons. The Hall–Kier alpha value is -3.22. The number of rotatable bonds is 6. The Morgan fingerprint density at radius 1 is 1.11 bits per heavy atom. The van der Waals surface area contributed by atoms with Crippen molar-refractivity contribution in [1.82, 2.24) is 0 Å². The smallest absolute Gasteiger partial charge is 0.255 e. The number of amides is 2. The third-order valence-electron chi connectivity index (χ3n) is 3.91. The highest BCUT2D eigenvalue weighted by Gasteiger charge is 2.18. The second-order valence-electron chi connectivity index (χ2n) is 7.06. The van der Waals surface area contributed by atoms with Crippen molar-refractivity contribution in [2.75, 3.05) is 19.0 Å². The minimum atomic E-state index is -0.618. The molecule has 0 fully saturated rings. The second-order valence-corrected chi connectivity index (χ2v) is 7.06. The number of nitrogens with two attached hydrogens (primary N) is 1. The molecular formula is C20H24N2O5. The molecule has 0 aliphatic rings. The molecule has 0 heterocycles. The van der Waals surface area contributed by atoms with Gasteiger partial charge in [-0.15, -0.1) is 0 Å². The number of primary amides is 1. The number of nitrogens with one attached hydrogen (secondary N) is 1. The van der Waals surface area contributed by atoms with Crippen molar-refractivity contribution in [1.29, 1.82) is 0 Å². The Morgan fingerprint density at radius 2 is 1.81 bits per heavy atom. The lowest BCUT2D eigenvalue weighted by Gasteiger charge is -2.20. The molecule has 7 heteroatoms. The van der Waals surface area contributed by atoms with Crippen LogP contribution >= 0.6 is 0 Å². The molecule has 2 rings (SSSR count). The van der Waals surface area contributed by atoms with Crippen molar-refractivity contribution in [2.45, 2.75) is 26.2 Å². The van der Waals surface area contributed by atoms with Gasteiger partial charge >= 0.3 is 0 Å². The lowest BCUT2D eigenvalue weighted by atomic mass is 9.87. The fraction of sp³-hybridized carbons (Fsp3) is 0.300. The lowest BCUT2D eigenvalue weighted by molar-refractivity contribution is -0.119. The van der Waals surface area contributed by atoms with Crippen LogP contribution in [0, 0.1) is 0 Å². The highest BCUT2D eigenvalue weighted by Crippen LogP contribution is 2.32. The van der Waals surface area contributed by atoms with E-state index in [1.807, 2.05) is 26.8 Å². The van der Waals surface area contributed by atoms with Crippen LogP contribution in [0.3, 0.4) is 0 Å². The van der Waals surface area contributed by atoms with Crippen molar-refractivity contribution in [2.24, 2.45) is 5.73 Å². The number of hydrogen-bond acceptors (Lipinski definition) is 5. The second kappa shape index (κ2) is 7.99. The van der Waals surface area contributed by atoms with E-state index >= 15 is 0 Å². The maximum absolute atomic E-state index is 12.6. The first-order valence-corrected chi connectivity index (χ1v) is 8.36. The van der Waals surface area contributed by atoms with Crippen LogP contribution in [0.1, 0.15) is 36.7 Å². The van der Waals surface area contributed by atoms with Gasteiger partial charge in [-0.05, 0) is 41.3 Å². The minimum Gasteiger partial charge on any atom is -0.506 e. The molecule has 0 saturated carbocycles. The van der Waals surface area contributed by atoms with E-state index in [2.05, 4.69) is 5.32 Å². The maximum Gasteiger partial charge on any atom is 0.255 e. The minimum absolute atomic E-state index is 0.0234. The average molecular weight is 372 g/mol. The van der Waals surface area contributed by atoms with E-state index in [-0.39, 0.29) is 23.5 Å². The van der Waals surface area contributed by atoms with E-state index in [1.165, 1.54) is 25.3 Å². The average Bonchev–Trinajstić information content (AvgIpc) is 2.60. The molecule has 4 N–H and O–H groups in total. The summed E-state index contributed by atoms with van der Waals surface area (Å²) >= 11 is 0. The number of methoxy groups -OCH3 is 1. The van der Waals surface area contributed by atoms with E-state index in [1.54, 1.807) is 12.1 Å². The number of anilines is 1. The van der Waals surface area contributed by atoms with Crippen LogP contribution in [-0.4, -0.2) is 30.6 Å². The molecule has 0 bridgehead atoms. The standard InChI is InChI=1S/C20H24N2O5/c1-20(2,3)13-6-7-15(23)14(10-13)22-19(25)12-5-8-16(17(9-12)26-4)27-11-18(21)24/h5-10,23H,11H2,1-4H3,(H2,21,24)(H,22,25). The molecule has 2 amide bonds. The topological polar surface area (TPSA) is 111 Å². The summed E-state index contributed by atoms with van der Waals surface area (Å²) in [5.41, 5.74) is 6.53. The number of phenols is 1. The van der Waals surface area contributed by atoms with E-state index in [0.29, 0.717) is 17.0 Å². The SMILES string of the molecule is COc1cc(C(=O)Nc2cc(C(C)(C)C)ccc2O)ccc1OCC(N)=O. The first-order chi connectivity index (χ1) is 12.6. The first-order valence-electron chi connectivity index (χ1n) is 8.36. The van der Waals surface area contributed by atoms with Gasteiger partial charge in [-0.3, -0.25) is 9.59 Å². The molecule has 0 unspecified atom stereocenters. The van der Waals surface area contributed by atoms with Crippen molar-refractivity contribution >= 4 is 17.5 Å². The first kappa shape index (κ1) is 20.1. The zero-order valence-electron chi connectivity index (χ0n) is 15.8. The summed E-state index contributed by atoms with van der Waals surface area (Å²) < 4.78 is 10.4. The largest absolute Gasteiger partial charge is 0.506 e.